The van der Waals surface area contributed by atoms with Gasteiger partial charge in [-0.15, -0.1) is 0 Å². The minimum atomic E-state index is -0.729. The Kier molecular flexibility index (Phi) is 5.55. The lowest BCUT2D eigenvalue weighted by atomic mass is 10.1. The average Bonchev–Trinajstić information content (AvgIpc) is 3.17. The Hall–Kier alpha value is -3.55. The topological polar surface area (TPSA) is 100 Å². The molecule has 1 heterocycles. The third-order valence-corrected chi connectivity index (χ3v) is 3.80. The summed E-state index contributed by atoms with van der Waals surface area (Å²) in [4.78, 5) is 36.0. The number of Topliss-reactive ketones (excluding diaryl/α,β-unsaturated/α-hetero) is 1. The van der Waals surface area contributed by atoms with E-state index in [0.29, 0.717) is 28.4 Å². The molecule has 3 rings (SSSR count). The van der Waals surface area contributed by atoms with E-state index in [0.717, 1.165) is 0 Å². The van der Waals surface area contributed by atoms with Gasteiger partial charge >= 0.3 is 5.97 Å². The normalized spacial score (nSPS) is 11.6. The first-order chi connectivity index (χ1) is 13.1. The Balaban J connectivity index is 1.48. The van der Waals surface area contributed by atoms with Crippen LogP contribution >= 0.6 is 0 Å². The molecule has 0 aromatic heterocycles. The van der Waals surface area contributed by atoms with Crippen LogP contribution in [-0.2, 0) is 9.53 Å². The molecular weight excluding hydrogens is 354 g/mol. The molecule has 140 valence electrons. The molecule has 1 aliphatic heterocycles. The summed E-state index contributed by atoms with van der Waals surface area (Å²) in [6.07, 6.45) is 0. The van der Waals surface area contributed by atoms with Crippen molar-refractivity contribution in [3.8, 4) is 17.2 Å². The van der Waals surface area contributed by atoms with Crippen molar-refractivity contribution in [2.45, 2.75) is 0 Å². The molecule has 1 aliphatic rings. The van der Waals surface area contributed by atoms with Crippen LogP contribution in [0.25, 0.3) is 0 Å². The maximum atomic E-state index is 12.1. The van der Waals surface area contributed by atoms with Gasteiger partial charge in [0.05, 0.1) is 12.7 Å². The van der Waals surface area contributed by atoms with Crippen molar-refractivity contribution in [2.75, 3.05) is 27.1 Å². The second kappa shape index (κ2) is 8.22. The van der Waals surface area contributed by atoms with Crippen LogP contribution in [0.15, 0.2) is 42.5 Å². The number of ketones is 1. The minimum Gasteiger partial charge on any atom is -0.496 e. The third-order valence-electron chi connectivity index (χ3n) is 3.80. The van der Waals surface area contributed by atoms with E-state index in [-0.39, 0.29) is 13.3 Å². The van der Waals surface area contributed by atoms with E-state index in [1.54, 1.807) is 36.4 Å². The Morgan fingerprint density at radius 3 is 2.67 bits per heavy atom. The summed E-state index contributed by atoms with van der Waals surface area (Å²) in [7, 11) is 1.45. The first-order valence-corrected chi connectivity index (χ1v) is 8.08. The van der Waals surface area contributed by atoms with Crippen LogP contribution in [0.1, 0.15) is 20.7 Å². The summed E-state index contributed by atoms with van der Waals surface area (Å²) in [5, 5.41) is 2.43. The summed E-state index contributed by atoms with van der Waals surface area (Å²) in [5.74, 6) is -0.181. The number of carbonyl (C=O) groups is 3. The van der Waals surface area contributed by atoms with Crippen molar-refractivity contribution in [1.29, 1.82) is 0 Å². The summed E-state index contributed by atoms with van der Waals surface area (Å²) in [6, 6.07) is 11.3. The van der Waals surface area contributed by atoms with Crippen LogP contribution in [0.3, 0.4) is 0 Å². The highest BCUT2D eigenvalue weighted by Gasteiger charge is 2.18. The lowest BCUT2D eigenvalue weighted by Gasteiger charge is -2.09. The molecule has 8 heteroatoms. The highest BCUT2D eigenvalue weighted by molar-refractivity contribution is 6.00. The Labute approximate surface area is 155 Å². The van der Waals surface area contributed by atoms with Crippen molar-refractivity contribution < 1.29 is 33.3 Å². The molecule has 8 nitrogen and oxygen atoms in total. The van der Waals surface area contributed by atoms with Crippen LogP contribution in [0, 0.1) is 0 Å². The number of amides is 1. The molecule has 0 fully saturated rings. The van der Waals surface area contributed by atoms with E-state index in [1.165, 1.54) is 13.2 Å². The van der Waals surface area contributed by atoms with Crippen LogP contribution in [0.4, 0.5) is 0 Å². The molecule has 0 unspecified atom stereocenters. The number of ether oxygens (including phenoxy) is 4. The minimum absolute atomic E-state index is 0.104. The molecular formula is C19H17NO7. The first-order valence-electron chi connectivity index (χ1n) is 8.08. The van der Waals surface area contributed by atoms with Gasteiger partial charge in [-0.1, -0.05) is 12.1 Å². The number of esters is 1. The number of para-hydroxylation sites is 1. The number of hydrogen-bond donors (Lipinski definition) is 1. The van der Waals surface area contributed by atoms with Gasteiger partial charge in [0, 0.05) is 5.56 Å². The van der Waals surface area contributed by atoms with Gasteiger partial charge in [0.2, 0.25) is 12.6 Å². The standard InChI is InChI=1S/C19H17NO7/c1-24-15-5-3-2-4-13(15)14(21)10-25-18(22)9-20-19(23)12-6-7-16-17(8-12)27-11-26-16/h2-8H,9-11H2,1H3,(H,20,23). The van der Waals surface area contributed by atoms with E-state index in [4.69, 9.17) is 18.9 Å². The van der Waals surface area contributed by atoms with Gasteiger partial charge in [-0.25, -0.2) is 0 Å². The Morgan fingerprint density at radius 2 is 1.85 bits per heavy atom. The predicted octanol–water partition coefficient (Wildman–Crippen LogP) is 1.58. The summed E-state index contributed by atoms with van der Waals surface area (Å²) in [6.45, 7) is -0.710. The SMILES string of the molecule is COc1ccccc1C(=O)COC(=O)CNC(=O)c1ccc2c(c1)OCO2. The van der Waals surface area contributed by atoms with Crippen LogP contribution < -0.4 is 19.5 Å². The predicted molar refractivity (Wildman–Crippen MR) is 93.2 cm³/mol. The van der Waals surface area contributed by atoms with Crippen molar-refractivity contribution >= 4 is 17.7 Å². The molecule has 2 aromatic rings. The zero-order valence-corrected chi connectivity index (χ0v) is 14.5. The van der Waals surface area contributed by atoms with Crippen LogP contribution in [0.2, 0.25) is 0 Å². The molecule has 0 saturated carbocycles. The van der Waals surface area contributed by atoms with E-state index in [2.05, 4.69) is 5.32 Å². The van der Waals surface area contributed by atoms with Crippen LogP contribution in [0.5, 0.6) is 17.2 Å². The molecule has 1 amide bonds. The summed E-state index contributed by atoms with van der Waals surface area (Å²) < 4.78 is 20.4. The Morgan fingerprint density at radius 1 is 1.07 bits per heavy atom. The lowest BCUT2D eigenvalue weighted by molar-refractivity contribution is -0.141. The first kappa shape index (κ1) is 18.2. The number of nitrogens with one attached hydrogen (secondary N) is 1. The highest BCUT2D eigenvalue weighted by Crippen LogP contribution is 2.32. The van der Waals surface area contributed by atoms with E-state index >= 15 is 0 Å². The highest BCUT2D eigenvalue weighted by atomic mass is 16.7. The number of rotatable bonds is 7. The van der Waals surface area contributed by atoms with E-state index in [9.17, 15) is 14.4 Å². The number of methoxy groups -OCH3 is 1. The molecule has 0 radical (unpaired) electrons. The molecule has 27 heavy (non-hydrogen) atoms. The molecule has 0 aliphatic carbocycles. The van der Waals surface area contributed by atoms with Crippen LogP contribution in [-0.4, -0.2) is 44.7 Å². The molecule has 0 spiro atoms. The number of benzene rings is 2. The average molecular weight is 371 g/mol. The zero-order chi connectivity index (χ0) is 19.2. The number of fused-ring (bicyclic) bond motifs is 1. The van der Waals surface area contributed by atoms with E-state index in [1.807, 2.05) is 0 Å². The second-order valence-corrected chi connectivity index (χ2v) is 5.53. The third kappa shape index (κ3) is 4.35. The van der Waals surface area contributed by atoms with Gasteiger partial charge in [0.1, 0.15) is 12.3 Å². The quantitative estimate of drug-likeness (QED) is 0.582. The fourth-order valence-corrected chi connectivity index (χ4v) is 2.44. The lowest BCUT2D eigenvalue weighted by Crippen LogP contribution is -2.31. The largest absolute Gasteiger partial charge is 0.496 e. The van der Waals surface area contributed by atoms with Crippen molar-refractivity contribution in [3.05, 3.63) is 53.6 Å². The molecule has 0 saturated heterocycles. The molecule has 0 bridgehead atoms. The van der Waals surface area contributed by atoms with Gasteiger partial charge < -0.3 is 24.3 Å². The van der Waals surface area contributed by atoms with Crippen molar-refractivity contribution in [3.63, 3.8) is 0 Å². The van der Waals surface area contributed by atoms with Crippen molar-refractivity contribution in [2.24, 2.45) is 0 Å². The zero-order valence-electron chi connectivity index (χ0n) is 14.5. The number of carbonyl (C=O) groups excluding carboxylic acids is 3. The monoisotopic (exact) mass is 371 g/mol. The van der Waals surface area contributed by atoms with Gasteiger partial charge in [-0.3, -0.25) is 14.4 Å². The fourth-order valence-electron chi connectivity index (χ4n) is 2.44. The molecule has 0 atom stereocenters. The Bertz CT molecular complexity index is 878. The second-order valence-electron chi connectivity index (χ2n) is 5.53. The van der Waals surface area contributed by atoms with Gasteiger partial charge in [0.15, 0.2) is 18.1 Å². The molecule has 1 N–H and O–H groups in total. The maximum absolute atomic E-state index is 12.1. The van der Waals surface area contributed by atoms with E-state index < -0.39 is 24.3 Å². The van der Waals surface area contributed by atoms with Gasteiger partial charge in [-0.2, -0.15) is 0 Å². The van der Waals surface area contributed by atoms with Gasteiger partial charge in [-0.05, 0) is 30.3 Å². The van der Waals surface area contributed by atoms with Crippen molar-refractivity contribution in [1.82, 2.24) is 5.32 Å². The summed E-state index contributed by atoms with van der Waals surface area (Å²) >= 11 is 0. The molecule has 2 aromatic carbocycles. The van der Waals surface area contributed by atoms with Gasteiger partial charge in [0.25, 0.3) is 5.91 Å². The fraction of sp³-hybridized carbons (Fsp3) is 0.211. The smallest absolute Gasteiger partial charge is 0.325 e. The number of hydrogen-bond acceptors (Lipinski definition) is 7. The summed E-state index contributed by atoms with van der Waals surface area (Å²) in [5.41, 5.74) is 0.634. The maximum Gasteiger partial charge on any atom is 0.325 e.